The molecule has 0 unspecified atom stereocenters. The molecule has 0 atom stereocenters. The summed E-state index contributed by atoms with van der Waals surface area (Å²) in [4.78, 5) is 2.02. The van der Waals surface area contributed by atoms with Gasteiger partial charge in [-0.2, -0.15) is 9.57 Å². The minimum absolute atomic E-state index is 0.0573. The monoisotopic (exact) mass is 414 g/mol. The summed E-state index contributed by atoms with van der Waals surface area (Å²) < 4.78 is 27.3. The summed E-state index contributed by atoms with van der Waals surface area (Å²) in [5.74, 6) is 0. The van der Waals surface area contributed by atoms with E-state index >= 15 is 0 Å². The van der Waals surface area contributed by atoms with Crippen molar-refractivity contribution in [1.29, 1.82) is 5.26 Å². The van der Waals surface area contributed by atoms with Crippen molar-refractivity contribution in [3.05, 3.63) is 59.2 Å². The van der Waals surface area contributed by atoms with Crippen LogP contribution in [0.15, 0.2) is 47.4 Å². The molecule has 0 aliphatic carbocycles. The van der Waals surface area contributed by atoms with Gasteiger partial charge in [-0.15, -0.1) is 0 Å². The lowest BCUT2D eigenvalue weighted by Gasteiger charge is -2.35. The molecule has 1 aliphatic rings. The predicted octanol–water partition coefficient (Wildman–Crippen LogP) is 2.88. The smallest absolute Gasteiger partial charge is 0.244 e. The molecule has 28 heavy (non-hydrogen) atoms. The molecule has 1 saturated heterocycles. The molecule has 0 aromatic heterocycles. The quantitative estimate of drug-likeness (QED) is 0.779. The molecule has 8 heteroatoms. The number of thiocarbonyl (C=S) groups is 1. The second-order valence-electron chi connectivity index (χ2n) is 6.81. The fourth-order valence-electron chi connectivity index (χ4n) is 3.30. The Bertz CT molecular complexity index is 1020. The Morgan fingerprint density at radius 2 is 1.68 bits per heavy atom. The zero-order chi connectivity index (χ0) is 20.3. The van der Waals surface area contributed by atoms with E-state index in [9.17, 15) is 13.7 Å². The van der Waals surface area contributed by atoms with Gasteiger partial charge in [-0.1, -0.05) is 18.2 Å². The Balaban J connectivity index is 1.67. The summed E-state index contributed by atoms with van der Waals surface area (Å²) in [6.45, 7) is 5.68. The third-order valence-corrected chi connectivity index (χ3v) is 6.94. The number of piperazine rings is 1. The highest BCUT2D eigenvalue weighted by atomic mass is 32.2. The highest BCUT2D eigenvalue weighted by molar-refractivity contribution is 7.89. The number of nitriles is 1. The molecule has 0 radical (unpaired) electrons. The third kappa shape index (κ3) is 4.33. The van der Waals surface area contributed by atoms with E-state index in [2.05, 4.69) is 11.4 Å². The van der Waals surface area contributed by atoms with E-state index in [0.29, 0.717) is 31.3 Å². The predicted molar refractivity (Wildman–Crippen MR) is 114 cm³/mol. The van der Waals surface area contributed by atoms with Crippen LogP contribution in [0.1, 0.15) is 16.7 Å². The lowest BCUT2D eigenvalue weighted by molar-refractivity contribution is 0.268. The summed E-state index contributed by atoms with van der Waals surface area (Å²) in [5, 5.41) is 13.0. The molecule has 6 nitrogen and oxygen atoms in total. The van der Waals surface area contributed by atoms with Gasteiger partial charge < -0.3 is 10.2 Å². The first-order chi connectivity index (χ1) is 13.3. The first kappa shape index (κ1) is 20.3. The SMILES string of the molecule is Cc1cc(C)cc(NC(=S)N2CCN(S(=O)(=O)c3ccccc3C#N)CC2)c1. The number of benzene rings is 2. The molecular weight excluding hydrogens is 392 g/mol. The Labute approximate surface area is 171 Å². The first-order valence-electron chi connectivity index (χ1n) is 8.95. The van der Waals surface area contributed by atoms with Crippen LogP contribution in [0.3, 0.4) is 0 Å². The van der Waals surface area contributed by atoms with Gasteiger partial charge in [-0.25, -0.2) is 8.42 Å². The lowest BCUT2D eigenvalue weighted by atomic mass is 10.1. The van der Waals surface area contributed by atoms with Crippen molar-refractivity contribution >= 4 is 33.0 Å². The summed E-state index contributed by atoms with van der Waals surface area (Å²) in [5.41, 5.74) is 3.40. The van der Waals surface area contributed by atoms with Crippen molar-refractivity contribution in [2.24, 2.45) is 0 Å². The summed E-state index contributed by atoms with van der Waals surface area (Å²) in [6.07, 6.45) is 0. The minimum Gasteiger partial charge on any atom is -0.346 e. The van der Waals surface area contributed by atoms with Crippen LogP contribution < -0.4 is 5.32 Å². The van der Waals surface area contributed by atoms with E-state index < -0.39 is 10.0 Å². The molecule has 146 valence electrons. The van der Waals surface area contributed by atoms with E-state index in [1.165, 1.54) is 16.4 Å². The maximum absolute atomic E-state index is 12.9. The summed E-state index contributed by atoms with van der Waals surface area (Å²) >= 11 is 5.51. The molecule has 0 amide bonds. The average Bonchev–Trinajstić information content (AvgIpc) is 2.67. The Kier molecular flexibility index (Phi) is 5.98. The molecular formula is C20H22N4O2S2. The molecule has 1 N–H and O–H groups in total. The van der Waals surface area contributed by atoms with Gasteiger partial charge in [0.05, 0.1) is 10.5 Å². The normalized spacial score (nSPS) is 15.1. The van der Waals surface area contributed by atoms with Crippen LogP contribution in [-0.4, -0.2) is 48.9 Å². The number of anilines is 1. The van der Waals surface area contributed by atoms with Crippen LogP contribution in [0.5, 0.6) is 0 Å². The minimum atomic E-state index is -3.70. The fraction of sp³-hybridized carbons (Fsp3) is 0.300. The number of rotatable bonds is 3. The van der Waals surface area contributed by atoms with Gasteiger partial charge >= 0.3 is 0 Å². The third-order valence-electron chi connectivity index (χ3n) is 4.62. The summed E-state index contributed by atoms with van der Waals surface area (Å²) in [6, 6.07) is 14.4. The van der Waals surface area contributed by atoms with Gasteiger partial charge in [-0.3, -0.25) is 0 Å². The van der Waals surface area contributed by atoms with Gasteiger partial charge in [0.2, 0.25) is 10.0 Å². The average molecular weight is 415 g/mol. The maximum atomic E-state index is 12.9. The van der Waals surface area contributed by atoms with Crippen LogP contribution in [-0.2, 0) is 10.0 Å². The molecule has 1 fully saturated rings. The standard InChI is InChI=1S/C20H22N4O2S2/c1-15-11-16(2)13-18(12-15)22-20(27)23-7-9-24(10-8-23)28(25,26)19-6-4-3-5-17(19)14-21/h3-6,11-13H,7-10H2,1-2H3,(H,22,27). The number of hydrogen-bond donors (Lipinski definition) is 1. The van der Waals surface area contributed by atoms with Crippen LogP contribution in [0.2, 0.25) is 0 Å². The second kappa shape index (κ2) is 8.27. The van der Waals surface area contributed by atoms with E-state index in [1.54, 1.807) is 12.1 Å². The molecule has 1 heterocycles. The molecule has 0 spiro atoms. The highest BCUT2D eigenvalue weighted by Crippen LogP contribution is 2.21. The molecule has 2 aromatic carbocycles. The zero-order valence-corrected chi connectivity index (χ0v) is 17.5. The van der Waals surface area contributed by atoms with Crippen molar-refractivity contribution in [2.75, 3.05) is 31.5 Å². The van der Waals surface area contributed by atoms with Gasteiger partial charge in [0.1, 0.15) is 6.07 Å². The Morgan fingerprint density at radius 1 is 1.07 bits per heavy atom. The van der Waals surface area contributed by atoms with Crippen molar-refractivity contribution in [2.45, 2.75) is 18.7 Å². The molecule has 0 bridgehead atoms. The molecule has 2 aromatic rings. The van der Waals surface area contributed by atoms with E-state index in [0.717, 1.165) is 16.8 Å². The number of sulfonamides is 1. The van der Waals surface area contributed by atoms with Crippen LogP contribution in [0, 0.1) is 25.2 Å². The van der Waals surface area contributed by atoms with Gasteiger partial charge in [-0.05, 0) is 61.5 Å². The Hall–Kier alpha value is -2.47. The zero-order valence-electron chi connectivity index (χ0n) is 15.8. The Morgan fingerprint density at radius 3 is 2.29 bits per heavy atom. The van der Waals surface area contributed by atoms with E-state index in [-0.39, 0.29) is 10.5 Å². The lowest BCUT2D eigenvalue weighted by Crippen LogP contribution is -2.51. The largest absolute Gasteiger partial charge is 0.346 e. The molecule has 0 saturated carbocycles. The van der Waals surface area contributed by atoms with Crippen molar-refractivity contribution in [3.63, 3.8) is 0 Å². The maximum Gasteiger partial charge on any atom is 0.244 e. The van der Waals surface area contributed by atoms with Gasteiger partial charge in [0.15, 0.2) is 5.11 Å². The van der Waals surface area contributed by atoms with Gasteiger partial charge in [0, 0.05) is 31.9 Å². The number of nitrogens with zero attached hydrogens (tertiary/aromatic N) is 3. The fourth-order valence-corrected chi connectivity index (χ4v) is 5.17. The topological polar surface area (TPSA) is 76.4 Å². The number of hydrogen-bond acceptors (Lipinski definition) is 4. The van der Waals surface area contributed by atoms with Crippen molar-refractivity contribution in [1.82, 2.24) is 9.21 Å². The summed E-state index contributed by atoms with van der Waals surface area (Å²) in [7, 11) is -3.70. The molecule has 3 rings (SSSR count). The van der Waals surface area contributed by atoms with Crippen molar-refractivity contribution in [3.8, 4) is 6.07 Å². The van der Waals surface area contributed by atoms with E-state index in [1.807, 2.05) is 36.9 Å². The first-order valence-corrected chi connectivity index (χ1v) is 10.8. The van der Waals surface area contributed by atoms with Crippen molar-refractivity contribution < 1.29 is 8.42 Å². The number of nitrogens with one attached hydrogen (secondary N) is 1. The van der Waals surface area contributed by atoms with Gasteiger partial charge in [0.25, 0.3) is 0 Å². The van der Waals surface area contributed by atoms with Crippen LogP contribution >= 0.6 is 12.2 Å². The second-order valence-corrected chi connectivity index (χ2v) is 9.10. The van der Waals surface area contributed by atoms with E-state index in [4.69, 9.17) is 12.2 Å². The number of aryl methyl sites for hydroxylation is 2. The van der Waals surface area contributed by atoms with Crippen LogP contribution in [0.4, 0.5) is 5.69 Å². The molecule has 1 aliphatic heterocycles. The highest BCUT2D eigenvalue weighted by Gasteiger charge is 2.30. The van der Waals surface area contributed by atoms with Crippen LogP contribution in [0.25, 0.3) is 0 Å².